The molecule has 0 heterocycles. The second kappa shape index (κ2) is 7.48. The minimum atomic E-state index is -0.126. The van der Waals surface area contributed by atoms with Crippen molar-refractivity contribution in [3.63, 3.8) is 0 Å². The predicted octanol–water partition coefficient (Wildman–Crippen LogP) is 3.60. The van der Waals surface area contributed by atoms with E-state index in [0.29, 0.717) is 6.54 Å². The summed E-state index contributed by atoms with van der Waals surface area (Å²) >= 11 is 0. The molecule has 0 spiro atoms. The number of hydrogen-bond acceptors (Lipinski definition) is 1. The second-order valence-corrected chi connectivity index (χ2v) is 5.27. The third-order valence-corrected chi connectivity index (χ3v) is 3.47. The van der Waals surface area contributed by atoms with E-state index >= 15 is 0 Å². The molecule has 1 atom stereocenters. The standard InChI is InChI=1S/C18H22N2O/c1-14-8-10-16(11-9-14)12-13-19-18(21)20-15(2)17-6-4-3-5-7-17/h3-11,15H,12-13H2,1-2H3,(H2,19,20,21). The summed E-state index contributed by atoms with van der Waals surface area (Å²) in [6, 6.07) is 18.2. The minimum Gasteiger partial charge on any atom is -0.338 e. The van der Waals surface area contributed by atoms with Gasteiger partial charge in [0.2, 0.25) is 0 Å². The van der Waals surface area contributed by atoms with Crippen LogP contribution in [0.1, 0.15) is 29.7 Å². The van der Waals surface area contributed by atoms with Crippen LogP contribution in [0.3, 0.4) is 0 Å². The monoisotopic (exact) mass is 282 g/mol. The number of nitrogens with one attached hydrogen (secondary N) is 2. The number of aryl methyl sites for hydroxylation is 1. The Bertz CT molecular complexity index is 564. The molecule has 110 valence electrons. The Labute approximate surface area is 126 Å². The van der Waals surface area contributed by atoms with Crippen molar-refractivity contribution in [1.82, 2.24) is 10.6 Å². The molecular formula is C18H22N2O. The maximum atomic E-state index is 11.8. The molecule has 0 aliphatic rings. The van der Waals surface area contributed by atoms with E-state index in [1.807, 2.05) is 37.3 Å². The third kappa shape index (κ3) is 4.95. The molecule has 2 amide bonds. The van der Waals surface area contributed by atoms with Crippen LogP contribution in [-0.4, -0.2) is 12.6 Å². The van der Waals surface area contributed by atoms with E-state index in [9.17, 15) is 4.79 Å². The zero-order chi connectivity index (χ0) is 15.1. The number of amides is 2. The van der Waals surface area contributed by atoms with Gasteiger partial charge in [0.25, 0.3) is 0 Å². The molecule has 0 aliphatic heterocycles. The van der Waals surface area contributed by atoms with Gasteiger partial charge in [0.1, 0.15) is 0 Å². The smallest absolute Gasteiger partial charge is 0.315 e. The molecule has 3 nitrogen and oxygen atoms in total. The first-order valence-corrected chi connectivity index (χ1v) is 7.30. The van der Waals surface area contributed by atoms with E-state index in [0.717, 1.165) is 12.0 Å². The van der Waals surface area contributed by atoms with Gasteiger partial charge in [-0.1, -0.05) is 60.2 Å². The summed E-state index contributed by atoms with van der Waals surface area (Å²) in [5.41, 5.74) is 3.59. The van der Waals surface area contributed by atoms with Crippen molar-refractivity contribution in [2.45, 2.75) is 26.3 Å². The summed E-state index contributed by atoms with van der Waals surface area (Å²) in [6.07, 6.45) is 0.841. The molecule has 1 unspecified atom stereocenters. The molecule has 2 rings (SSSR count). The van der Waals surface area contributed by atoms with Crippen molar-refractivity contribution in [1.29, 1.82) is 0 Å². The van der Waals surface area contributed by atoms with Crippen molar-refractivity contribution in [2.75, 3.05) is 6.54 Å². The first kappa shape index (κ1) is 15.1. The van der Waals surface area contributed by atoms with Crippen LogP contribution in [0.4, 0.5) is 4.79 Å². The van der Waals surface area contributed by atoms with Crippen molar-refractivity contribution < 1.29 is 4.79 Å². The van der Waals surface area contributed by atoms with Gasteiger partial charge in [0.15, 0.2) is 0 Å². The topological polar surface area (TPSA) is 41.1 Å². The first-order valence-electron chi connectivity index (χ1n) is 7.30. The highest BCUT2D eigenvalue weighted by molar-refractivity contribution is 5.74. The van der Waals surface area contributed by atoms with Gasteiger partial charge in [-0.25, -0.2) is 4.79 Å². The Balaban J connectivity index is 1.73. The van der Waals surface area contributed by atoms with Crippen molar-refractivity contribution in [3.8, 4) is 0 Å². The van der Waals surface area contributed by atoms with E-state index in [-0.39, 0.29) is 12.1 Å². The Hall–Kier alpha value is -2.29. The molecule has 0 fully saturated rings. The molecular weight excluding hydrogens is 260 g/mol. The van der Waals surface area contributed by atoms with Gasteiger partial charge >= 0.3 is 6.03 Å². The van der Waals surface area contributed by atoms with Crippen LogP contribution in [0, 0.1) is 6.92 Å². The van der Waals surface area contributed by atoms with Crippen molar-refractivity contribution in [3.05, 3.63) is 71.3 Å². The van der Waals surface area contributed by atoms with Gasteiger partial charge in [0.05, 0.1) is 6.04 Å². The van der Waals surface area contributed by atoms with Crippen LogP contribution < -0.4 is 10.6 Å². The van der Waals surface area contributed by atoms with E-state index < -0.39 is 0 Å². The van der Waals surface area contributed by atoms with Crippen LogP contribution in [0.25, 0.3) is 0 Å². The molecule has 2 aromatic carbocycles. The van der Waals surface area contributed by atoms with Gasteiger partial charge in [-0.05, 0) is 31.4 Å². The number of benzene rings is 2. The normalized spacial score (nSPS) is 11.7. The highest BCUT2D eigenvalue weighted by Crippen LogP contribution is 2.10. The van der Waals surface area contributed by atoms with Gasteiger partial charge in [-0.2, -0.15) is 0 Å². The Morgan fingerprint density at radius 2 is 1.71 bits per heavy atom. The first-order chi connectivity index (χ1) is 10.1. The zero-order valence-corrected chi connectivity index (χ0v) is 12.6. The van der Waals surface area contributed by atoms with Gasteiger partial charge < -0.3 is 10.6 Å². The summed E-state index contributed by atoms with van der Waals surface area (Å²) in [5.74, 6) is 0. The lowest BCUT2D eigenvalue weighted by Crippen LogP contribution is -2.38. The number of urea groups is 1. The van der Waals surface area contributed by atoms with Crippen LogP contribution >= 0.6 is 0 Å². The molecule has 0 aliphatic carbocycles. The van der Waals surface area contributed by atoms with Crippen molar-refractivity contribution >= 4 is 6.03 Å². The maximum Gasteiger partial charge on any atom is 0.315 e. The summed E-state index contributed by atoms with van der Waals surface area (Å²) in [5, 5.41) is 5.84. The Morgan fingerprint density at radius 3 is 2.38 bits per heavy atom. The number of carbonyl (C=O) groups excluding carboxylic acids is 1. The number of rotatable bonds is 5. The van der Waals surface area contributed by atoms with Crippen LogP contribution in [-0.2, 0) is 6.42 Å². The van der Waals surface area contributed by atoms with Crippen LogP contribution in [0.2, 0.25) is 0 Å². The highest BCUT2D eigenvalue weighted by atomic mass is 16.2. The van der Waals surface area contributed by atoms with Gasteiger partial charge in [0, 0.05) is 6.54 Å². The fourth-order valence-electron chi connectivity index (χ4n) is 2.15. The average molecular weight is 282 g/mol. The predicted molar refractivity (Wildman–Crippen MR) is 86.3 cm³/mol. The zero-order valence-electron chi connectivity index (χ0n) is 12.6. The molecule has 0 saturated carbocycles. The van der Waals surface area contributed by atoms with Gasteiger partial charge in [-0.3, -0.25) is 0 Å². The van der Waals surface area contributed by atoms with E-state index in [4.69, 9.17) is 0 Å². The maximum absolute atomic E-state index is 11.8. The number of carbonyl (C=O) groups is 1. The lowest BCUT2D eigenvalue weighted by atomic mass is 10.1. The molecule has 21 heavy (non-hydrogen) atoms. The molecule has 0 bridgehead atoms. The van der Waals surface area contributed by atoms with E-state index in [1.54, 1.807) is 0 Å². The van der Waals surface area contributed by atoms with E-state index in [2.05, 4.69) is 41.8 Å². The Kier molecular flexibility index (Phi) is 5.38. The summed E-state index contributed by atoms with van der Waals surface area (Å²) in [6.45, 7) is 4.69. The van der Waals surface area contributed by atoms with Crippen molar-refractivity contribution in [2.24, 2.45) is 0 Å². The molecule has 0 saturated heterocycles. The Morgan fingerprint density at radius 1 is 1.05 bits per heavy atom. The second-order valence-electron chi connectivity index (χ2n) is 5.27. The highest BCUT2D eigenvalue weighted by Gasteiger charge is 2.08. The fraction of sp³-hybridized carbons (Fsp3) is 0.278. The lowest BCUT2D eigenvalue weighted by molar-refractivity contribution is 0.238. The van der Waals surface area contributed by atoms with Crippen LogP contribution in [0.5, 0.6) is 0 Å². The molecule has 0 radical (unpaired) electrons. The van der Waals surface area contributed by atoms with Crippen LogP contribution in [0.15, 0.2) is 54.6 Å². The lowest BCUT2D eigenvalue weighted by Gasteiger charge is -2.15. The summed E-state index contributed by atoms with van der Waals surface area (Å²) in [4.78, 5) is 11.8. The van der Waals surface area contributed by atoms with E-state index in [1.165, 1.54) is 11.1 Å². The van der Waals surface area contributed by atoms with Gasteiger partial charge in [-0.15, -0.1) is 0 Å². The number of hydrogen-bond donors (Lipinski definition) is 2. The molecule has 2 aromatic rings. The summed E-state index contributed by atoms with van der Waals surface area (Å²) in [7, 11) is 0. The fourth-order valence-corrected chi connectivity index (χ4v) is 2.15. The molecule has 3 heteroatoms. The quantitative estimate of drug-likeness (QED) is 0.864. The summed E-state index contributed by atoms with van der Waals surface area (Å²) < 4.78 is 0. The minimum absolute atomic E-state index is 0.00516. The molecule has 2 N–H and O–H groups in total. The molecule has 0 aromatic heterocycles. The average Bonchev–Trinajstić information content (AvgIpc) is 2.50. The third-order valence-electron chi connectivity index (χ3n) is 3.47. The SMILES string of the molecule is Cc1ccc(CCNC(=O)NC(C)c2ccccc2)cc1. The largest absolute Gasteiger partial charge is 0.338 e.